The third-order valence-electron chi connectivity index (χ3n) is 3.50. The topological polar surface area (TPSA) is 73.1 Å². The molecular weight excluding hydrogens is 302 g/mol. The second kappa shape index (κ2) is 6.91. The molecule has 2 aromatic heterocycles. The van der Waals surface area contributed by atoms with Crippen LogP contribution in [0.3, 0.4) is 0 Å². The highest BCUT2D eigenvalue weighted by molar-refractivity contribution is 7.17. The van der Waals surface area contributed by atoms with Crippen molar-refractivity contribution in [1.82, 2.24) is 14.5 Å². The van der Waals surface area contributed by atoms with Gasteiger partial charge >= 0.3 is 5.69 Å². The highest BCUT2D eigenvalue weighted by Gasteiger charge is 2.15. The van der Waals surface area contributed by atoms with Crippen LogP contribution in [0.15, 0.2) is 21.0 Å². The van der Waals surface area contributed by atoms with Gasteiger partial charge in [-0.05, 0) is 30.7 Å². The summed E-state index contributed by atoms with van der Waals surface area (Å²) in [6.45, 7) is 6.73. The number of carbonyl (C=O) groups excluding carboxylic acids is 1. The number of fused-ring (bicyclic) bond motifs is 1. The molecular formula is C15H21N3O3S. The molecule has 0 aliphatic heterocycles. The molecule has 0 aliphatic carbocycles. The Morgan fingerprint density at radius 1 is 1.32 bits per heavy atom. The number of thiophene rings is 1. The molecule has 6 nitrogen and oxygen atoms in total. The Hall–Kier alpha value is -1.89. The first kappa shape index (κ1) is 16.5. The summed E-state index contributed by atoms with van der Waals surface area (Å²) in [5.74, 6) is 0.296. The standard InChI is InChI=1S/C15H21N3O3S/c1-4-17-14(20)13-11(6-8-22-13)18(15(17)21)9-12(19)16-7-5-10(2)3/h6,8,10H,4-5,7,9H2,1-3H3,(H,16,19). The third-order valence-corrected chi connectivity index (χ3v) is 4.39. The van der Waals surface area contributed by atoms with E-state index in [0.29, 0.717) is 29.2 Å². The summed E-state index contributed by atoms with van der Waals surface area (Å²) in [4.78, 5) is 36.6. The van der Waals surface area contributed by atoms with Gasteiger partial charge in [0.05, 0.1) is 5.52 Å². The fourth-order valence-electron chi connectivity index (χ4n) is 2.26. The first-order chi connectivity index (χ1) is 10.5. The van der Waals surface area contributed by atoms with Crippen molar-refractivity contribution < 1.29 is 4.79 Å². The lowest BCUT2D eigenvalue weighted by Gasteiger charge is -2.11. The molecule has 0 saturated heterocycles. The molecule has 0 aliphatic rings. The summed E-state index contributed by atoms with van der Waals surface area (Å²) >= 11 is 1.29. The van der Waals surface area contributed by atoms with E-state index in [1.165, 1.54) is 20.5 Å². The molecule has 2 heterocycles. The quantitative estimate of drug-likeness (QED) is 0.873. The Kier molecular flexibility index (Phi) is 5.18. The molecule has 7 heteroatoms. The largest absolute Gasteiger partial charge is 0.355 e. The van der Waals surface area contributed by atoms with E-state index in [-0.39, 0.29) is 18.0 Å². The Morgan fingerprint density at radius 3 is 2.68 bits per heavy atom. The van der Waals surface area contributed by atoms with Crippen LogP contribution in [0.2, 0.25) is 0 Å². The average molecular weight is 323 g/mol. The van der Waals surface area contributed by atoms with E-state index in [1.54, 1.807) is 18.4 Å². The minimum absolute atomic E-state index is 0.0650. The molecule has 22 heavy (non-hydrogen) atoms. The number of carbonyl (C=O) groups is 1. The number of hydrogen-bond acceptors (Lipinski definition) is 4. The molecule has 0 radical (unpaired) electrons. The maximum atomic E-state index is 12.4. The van der Waals surface area contributed by atoms with E-state index in [9.17, 15) is 14.4 Å². The molecule has 0 unspecified atom stereocenters. The Bertz CT molecular complexity index is 785. The molecule has 0 fully saturated rings. The first-order valence-electron chi connectivity index (χ1n) is 7.43. The lowest BCUT2D eigenvalue weighted by molar-refractivity contribution is -0.121. The second-order valence-electron chi connectivity index (χ2n) is 5.59. The van der Waals surface area contributed by atoms with Gasteiger partial charge in [-0.1, -0.05) is 13.8 Å². The zero-order valence-corrected chi connectivity index (χ0v) is 13.9. The van der Waals surface area contributed by atoms with Crippen LogP contribution < -0.4 is 16.6 Å². The van der Waals surface area contributed by atoms with Gasteiger partial charge < -0.3 is 5.32 Å². The van der Waals surface area contributed by atoms with Crippen LogP contribution in [0.25, 0.3) is 10.2 Å². The van der Waals surface area contributed by atoms with Gasteiger partial charge in [0.1, 0.15) is 11.2 Å². The van der Waals surface area contributed by atoms with Crippen LogP contribution in [0.5, 0.6) is 0 Å². The predicted molar refractivity (Wildman–Crippen MR) is 88.5 cm³/mol. The Labute approximate surface area is 132 Å². The predicted octanol–water partition coefficient (Wildman–Crippen LogP) is 1.41. The molecule has 120 valence electrons. The van der Waals surface area contributed by atoms with Crippen molar-refractivity contribution in [2.24, 2.45) is 5.92 Å². The number of hydrogen-bond donors (Lipinski definition) is 1. The monoisotopic (exact) mass is 323 g/mol. The van der Waals surface area contributed by atoms with E-state index in [2.05, 4.69) is 19.2 Å². The number of amides is 1. The lowest BCUT2D eigenvalue weighted by atomic mass is 10.1. The summed E-state index contributed by atoms with van der Waals surface area (Å²) in [7, 11) is 0. The van der Waals surface area contributed by atoms with Crippen LogP contribution in [0.4, 0.5) is 0 Å². The van der Waals surface area contributed by atoms with Crippen LogP contribution in [-0.4, -0.2) is 21.6 Å². The molecule has 2 rings (SSSR count). The first-order valence-corrected chi connectivity index (χ1v) is 8.31. The fourth-order valence-corrected chi connectivity index (χ4v) is 3.11. The van der Waals surface area contributed by atoms with Crippen molar-refractivity contribution in [2.45, 2.75) is 40.3 Å². The minimum Gasteiger partial charge on any atom is -0.355 e. The van der Waals surface area contributed by atoms with Gasteiger partial charge in [0.15, 0.2) is 0 Å². The summed E-state index contributed by atoms with van der Waals surface area (Å²) < 4.78 is 3.05. The van der Waals surface area contributed by atoms with Gasteiger partial charge in [-0.15, -0.1) is 11.3 Å². The number of aromatic nitrogens is 2. The average Bonchev–Trinajstić information content (AvgIpc) is 2.93. The Balaban J connectivity index is 2.31. The van der Waals surface area contributed by atoms with Crippen molar-refractivity contribution in [3.8, 4) is 0 Å². The van der Waals surface area contributed by atoms with E-state index < -0.39 is 5.69 Å². The summed E-state index contributed by atoms with van der Waals surface area (Å²) in [6.07, 6.45) is 0.892. The number of nitrogens with zero attached hydrogens (tertiary/aromatic N) is 2. The lowest BCUT2D eigenvalue weighted by Crippen LogP contribution is -2.42. The molecule has 0 aromatic carbocycles. The van der Waals surface area contributed by atoms with Crippen molar-refractivity contribution in [3.05, 3.63) is 32.3 Å². The maximum Gasteiger partial charge on any atom is 0.331 e. The van der Waals surface area contributed by atoms with E-state index in [4.69, 9.17) is 0 Å². The van der Waals surface area contributed by atoms with E-state index in [1.807, 2.05) is 0 Å². The van der Waals surface area contributed by atoms with Crippen LogP contribution in [0, 0.1) is 5.92 Å². The van der Waals surface area contributed by atoms with Crippen molar-refractivity contribution in [2.75, 3.05) is 6.54 Å². The Morgan fingerprint density at radius 2 is 2.05 bits per heavy atom. The second-order valence-corrected chi connectivity index (χ2v) is 6.50. The van der Waals surface area contributed by atoms with Crippen molar-refractivity contribution in [1.29, 1.82) is 0 Å². The normalized spacial score (nSPS) is 11.3. The van der Waals surface area contributed by atoms with Crippen LogP contribution in [0.1, 0.15) is 27.2 Å². The van der Waals surface area contributed by atoms with Crippen molar-refractivity contribution >= 4 is 27.5 Å². The molecule has 0 saturated carbocycles. The van der Waals surface area contributed by atoms with Gasteiger partial charge in [-0.3, -0.25) is 18.7 Å². The third kappa shape index (κ3) is 3.30. The maximum absolute atomic E-state index is 12.4. The van der Waals surface area contributed by atoms with E-state index in [0.717, 1.165) is 6.42 Å². The van der Waals surface area contributed by atoms with Crippen molar-refractivity contribution in [3.63, 3.8) is 0 Å². The van der Waals surface area contributed by atoms with Gasteiger partial charge in [-0.2, -0.15) is 0 Å². The molecule has 1 amide bonds. The zero-order valence-electron chi connectivity index (χ0n) is 13.1. The number of nitrogens with one attached hydrogen (secondary N) is 1. The number of rotatable bonds is 6. The van der Waals surface area contributed by atoms with Gasteiger partial charge in [0.25, 0.3) is 5.56 Å². The van der Waals surface area contributed by atoms with Crippen LogP contribution >= 0.6 is 11.3 Å². The summed E-state index contributed by atoms with van der Waals surface area (Å²) in [5, 5.41) is 4.58. The molecule has 1 N–H and O–H groups in total. The van der Waals surface area contributed by atoms with Crippen LogP contribution in [-0.2, 0) is 17.9 Å². The highest BCUT2D eigenvalue weighted by atomic mass is 32.1. The molecule has 0 bridgehead atoms. The molecule has 2 aromatic rings. The van der Waals surface area contributed by atoms with E-state index >= 15 is 0 Å². The summed E-state index contributed by atoms with van der Waals surface area (Å²) in [6, 6.07) is 1.71. The molecule has 0 atom stereocenters. The SMILES string of the molecule is CCn1c(=O)c2sccc2n(CC(=O)NCCC(C)C)c1=O. The minimum atomic E-state index is -0.433. The summed E-state index contributed by atoms with van der Waals surface area (Å²) in [5.41, 5.74) is -0.185. The smallest absolute Gasteiger partial charge is 0.331 e. The van der Waals surface area contributed by atoms with Gasteiger partial charge in [0.2, 0.25) is 5.91 Å². The van der Waals surface area contributed by atoms with Gasteiger partial charge in [-0.25, -0.2) is 4.79 Å². The zero-order chi connectivity index (χ0) is 16.3. The van der Waals surface area contributed by atoms with Gasteiger partial charge in [0, 0.05) is 13.1 Å². The molecule has 0 spiro atoms. The highest BCUT2D eigenvalue weighted by Crippen LogP contribution is 2.15. The fraction of sp³-hybridized carbons (Fsp3) is 0.533.